The van der Waals surface area contributed by atoms with Crippen LogP contribution in [-0.2, 0) is 23.7 Å². The molecule has 0 aromatic rings. The van der Waals surface area contributed by atoms with Crippen LogP contribution in [0, 0.1) is 0 Å². The average Bonchev–Trinajstić information content (AvgIpc) is 2.55. The van der Waals surface area contributed by atoms with E-state index in [1.807, 2.05) is 7.05 Å². The van der Waals surface area contributed by atoms with E-state index in [2.05, 4.69) is 17.6 Å². The van der Waals surface area contributed by atoms with Crippen LogP contribution in [0.25, 0.3) is 0 Å². The fourth-order valence-corrected chi connectivity index (χ4v) is 1.59. The van der Waals surface area contributed by atoms with Gasteiger partial charge in [0, 0.05) is 19.5 Å². The van der Waals surface area contributed by atoms with Gasteiger partial charge in [-0.15, -0.1) is 0 Å². The molecule has 0 aliphatic heterocycles. The maximum Gasteiger partial charge on any atom is 0.222 e. The number of hydrogen-bond donors (Lipinski definition) is 2. The van der Waals surface area contributed by atoms with Gasteiger partial charge in [-0.3, -0.25) is 4.79 Å². The van der Waals surface area contributed by atoms with Gasteiger partial charge in [-0.05, 0) is 13.5 Å². The Bertz CT molecular complexity index is 255. The monoisotopic (exact) mass is 334 g/mol. The SMILES string of the molecule is CCCCNC(=O)CCOCCOCCOCCOCCNC. The molecule has 0 radical (unpaired) electrons. The molecule has 0 saturated carbocycles. The van der Waals surface area contributed by atoms with E-state index in [-0.39, 0.29) is 5.91 Å². The van der Waals surface area contributed by atoms with Crippen LogP contribution >= 0.6 is 0 Å². The Morgan fingerprint density at radius 3 is 1.83 bits per heavy atom. The van der Waals surface area contributed by atoms with Crippen molar-refractivity contribution >= 4 is 5.91 Å². The third kappa shape index (κ3) is 19.2. The van der Waals surface area contributed by atoms with E-state index in [1.54, 1.807) is 0 Å². The van der Waals surface area contributed by atoms with Crippen LogP contribution in [0.5, 0.6) is 0 Å². The zero-order valence-corrected chi connectivity index (χ0v) is 14.7. The lowest BCUT2D eigenvalue weighted by Gasteiger charge is -2.07. The third-order valence-electron chi connectivity index (χ3n) is 2.94. The summed E-state index contributed by atoms with van der Waals surface area (Å²) in [7, 11) is 1.89. The smallest absolute Gasteiger partial charge is 0.222 e. The summed E-state index contributed by atoms with van der Waals surface area (Å²) in [4.78, 5) is 11.4. The van der Waals surface area contributed by atoms with Crippen molar-refractivity contribution in [2.24, 2.45) is 0 Å². The molecule has 7 heteroatoms. The Kier molecular flexibility index (Phi) is 18.7. The van der Waals surface area contributed by atoms with Gasteiger partial charge < -0.3 is 29.6 Å². The van der Waals surface area contributed by atoms with Gasteiger partial charge in [0.25, 0.3) is 0 Å². The highest BCUT2D eigenvalue weighted by Crippen LogP contribution is 1.87. The normalized spacial score (nSPS) is 10.9. The van der Waals surface area contributed by atoms with Crippen molar-refractivity contribution < 1.29 is 23.7 Å². The molecule has 0 aliphatic carbocycles. The number of rotatable bonds is 18. The van der Waals surface area contributed by atoms with Gasteiger partial charge in [0.2, 0.25) is 5.91 Å². The second-order valence-electron chi connectivity index (χ2n) is 5.01. The number of likely N-dealkylation sites (N-methyl/N-ethyl adjacent to an activating group) is 1. The topological polar surface area (TPSA) is 78.1 Å². The maximum atomic E-state index is 11.4. The second-order valence-corrected chi connectivity index (χ2v) is 5.01. The molecule has 0 aromatic carbocycles. The van der Waals surface area contributed by atoms with Crippen molar-refractivity contribution in [3.63, 3.8) is 0 Å². The fourth-order valence-electron chi connectivity index (χ4n) is 1.59. The molecule has 0 aromatic heterocycles. The molecule has 138 valence electrons. The van der Waals surface area contributed by atoms with Gasteiger partial charge in [-0.2, -0.15) is 0 Å². The molecule has 0 unspecified atom stereocenters. The number of carbonyl (C=O) groups is 1. The van der Waals surface area contributed by atoms with E-state index in [0.29, 0.717) is 59.3 Å². The summed E-state index contributed by atoms with van der Waals surface area (Å²) < 4.78 is 21.4. The van der Waals surface area contributed by atoms with E-state index in [1.165, 1.54) is 0 Å². The van der Waals surface area contributed by atoms with Crippen molar-refractivity contribution in [3.05, 3.63) is 0 Å². The third-order valence-corrected chi connectivity index (χ3v) is 2.94. The first kappa shape index (κ1) is 22.3. The zero-order valence-electron chi connectivity index (χ0n) is 14.7. The Morgan fingerprint density at radius 1 is 0.783 bits per heavy atom. The summed E-state index contributed by atoms with van der Waals surface area (Å²) >= 11 is 0. The van der Waals surface area contributed by atoms with Crippen LogP contribution in [0.3, 0.4) is 0 Å². The molecule has 0 bridgehead atoms. The Balaban J connectivity index is 3.06. The molecule has 23 heavy (non-hydrogen) atoms. The van der Waals surface area contributed by atoms with Gasteiger partial charge in [-0.25, -0.2) is 0 Å². The average molecular weight is 334 g/mol. The van der Waals surface area contributed by atoms with Crippen LogP contribution in [0.15, 0.2) is 0 Å². The number of unbranched alkanes of at least 4 members (excludes halogenated alkanes) is 1. The maximum absolute atomic E-state index is 11.4. The highest BCUT2D eigenvalue weighted by Gasteiger charge is 1.99. The summed E-state index contributed by atoms with van der Waals surface area (Å²) in [6.07, 6.45) is 2.51. The van der Waals surface area contributed by atoms with Crippen LogP contribution in [0.1, 0.15) is 26.2 Å². The summed E-state index contributed by atoms with van der Waals surface area (Å²) in [5.41, 5.74) is 0. The minimum absolute atomic E-state index is 0.0460. The quantitative estimate of drug-likeness (QED) is 0.357. The van der Waals surface area contributed by atoms with Crippen molar-refractivity contribution in [2.75, 3.05) is 73.0 Å². The minimum atomic E-state index is 0.0460. The van der Waals surface area contributed by atoms with Gasteiger partial charge >= 0.3 is 0 Å². The van der Waals surface area contributed by atoms with E-state index < -0.39 is 0 Å². The van der Waals surface area contributed by atoms with Gasteiger partial charge in [-0.1, -0.05) is 13.3 Å². The predicted octanol–water partition coefficient (Wildman–Crippen LogP) is 0.579. The minimum Gasteiger partial charge on any atom is -0.379 e. The second kappa shape index (κ2) is 19.3. The molecule has 0 fully saturated rings. The number of amides is 1. The fraction of sp³-hybridized carbons (Fsp3) is 0.938. The number of nitrogens with one attached hydrogen (secondary N) is 2. The van der Waals surface area contributed by atoms with E-state index in [4.69, 9.17) is 18.9 Å². The molecule has 0 atom stereocenters. The number of ether oxygens (including phenoxy) is 4. The van der Waals surface area contributed by atoms with E-state index in [9.17, 15) is 4.79 Å². The first-order chi connectivity index (χ1) is 11.3. The molecule has 0 aliphatic rings. The zero-order chi connectivity index (χ0) is 17.0. The van der Waals surface area contributed by atoms with Crippen molar-refractivity contribution in [1.82, 2.24) is 10.6 Å². The van der Waals surface area contributed by atoms with E-state index in [0.717, 1.165) is 25.9 Å². The molecule has 0 saturated heterocycles. The van der Waals surface area contributed by atoms with Gasteiger partial charge in [0.05, 0.1) is 52.9 Å². The van der Waals surface area contributed by atoms with Gasteiger partial charge in [0.15, 0.2) is 0 Å². The first-order valence-electron chi connectivity index (χ1n) is 8.53. The number of carbonyl (C=O) groups excluding carboxylic acids is 1. The highest BCUT2D eigenvalue weighted by atomic mass is 16.6. The van der Waals surface area contributed by atoms with Gasteiger partial charge in [0.1, 0.15) is 0 Å². The summed E-state index contributed by atoms with van der Waals surface area (Å²) in [6.45, 7) is 8.11. The van der Waals surface area contributed by atoms with Crippen molar-refractivity contribution in [2.45, 2.75) is 26.2 Å². The lowest BCUT2D eigenvalue weighted by molar-refractivity contribution is -0.122. The first-order valence-corrected chi connectivity index (χ1v) is 8.53. The lowest BCUT2D eigenvalue weighted by atomic mass is 10.3. The Hall–Kier alpha value is -0.730. The highest BCUT2D eigenvalue weighted by molar-refractivity contribution is 5.75. The Morgan fingerprint density at radius 2 is 1.30 bits per heavy atom. The summed E-state index contributed by atoms with van der Waals surface area (Å²) in [5.74, 6) is 0.0460. The lowest BCUT2D eigenvalue weighted by Crippen LogP contribution is -2.25. The largest absolute Gasteiger partial charge is 0.379 e. The molecular formula is C16H34N2O5. The molecule has 2 N–H and O–H groups in total. The molecule has 1 amide bonds. The van der Waals surface area contributed by atoms with Crippen molar-refractivity contribution in [3.8, 4) is 0 Å². The summed E-state index contributed by atoms with van der Waals surface area (Å²) in [5, 5.41) is 5.85. The van der Waals surface area contributed by atoms with Crippen LogP contribution in [0.4, 0.5) is 0 Å². The Labute approximate surface area is 140 Å². The van der Waals surface area contributed by atoms with Crippen molar-refractivity contribution in [1.29, 1.82) is 0 Å². The predicted molar refractivity (Wildman–Crippen MR) is 89.7 cm³/mol. The summed E-state index contributed by atoms with van der Waals surface area (Å²) in [6, 6.07) is 0. The molecular weight excluding hydrogens is 300 g/mol. The molecule has 0 spiro atoms. The standard InChI is InChI=1S/C16H34N2O5/c1-3-4-6-18-16(19)5-8-20-10-12-22-14-15-23-13-11-21-9-7-17-2/h17H,3-15H2,1-2H3,(H,18,19). The number of hydrogen-bond acceptors (Lipinski definition) is 6. The molecule has 0 rings (SSSR count). The van der Waals surface area contributed by atoms with Crippen LogP contribution in [-0.4, -0.2) is 78.9 Å². The molecule has 0 heterocycles. The van der Waals surface area contributed by atoms with Crippen LogP contribution in [0.2, 0.25) is 0 Å². The van der Waals surface area contributed by atoms with Crippen LogP contribution < -0.4 is 10.6 Å². The van der Waals surface area contributed by atoms with E-state index >= 15 is 0 Å². The molecule has 7 nitrogen and oxygen atoms in total.